The van der Waals surface area contributed by atoms with Crippen LogP contribution in [0.15, 0.2) is 30.3 Å². The fraction of sp³-hybridized carbons (Fsp3) is 0.588. The summed E-state index contributed by atoms with van der Waals surface area (Å²) < 4.78 is 0. The second kappa shape index (κ2) is 8.05. The van der Waals surface area contributed by atoms with Crippen LogP contribution in [0.2, 0.25) is 0 Å². The predicted molar refractivity (Wildman–Crippen MR) is 82.4 cm³/mol. The highest BCUT2D eigenvalue weighted by Gasteiger charge is 2.16. The van der Waals surface area contributed by atoms with Crippen molar-refractivity contribution in [3.63, 3.8) is 0 Å². The van der Waals surface area contributed by atoms with Gasteiger partial charge in [0, 0.05) is 26.1 Å². The van der Waals surface area contributed by atoms with E-state index in [-0.39, 0.29) is 0 Å². The highest BCUT2D eigenvalue weighted by molar-refractivity contribution is 5.76. The van der Waals surface area contributed by atoms with E-state index in [1.165, 1.54) is 12.0 Å². The number of nitrogens with zero attached hydrogens (tertiary/aromatic N) is 2. The molecule has 0 unspecified atom stereocenters. The number of hydrogen-bond donors (Lipinski definition) is 0. The second-order valence-corrected chi connectivity index (χ2v) is 5.77. The lowest BCUT2D eigenvalue weighted by Crippen LogP contribution is -2.36. The van der Waals surface area contributed by atoms with E-state index < -0.39 is 0 Å². The average Bonchev–Trinajstić information content (AvgIpc) is 2.46. The highest BCUT2D eigenvalue weighted by Crippen LogP contribution is 2.11. The number of carbonyl (C=O) groups is 1. The Bertz CT molecular complexity index is 405. The fourth-order valence-corrected chi connectivity index (χ4v) is 2.76. The summed E-state index contributed by atoms with van der Waals surface area (Å²) in [7, 11) is 2.17. The van der Waals surface area contributed by atoms with Crippen LogP contribution in [0.3, 0.4) is 0 Å². The molecule has 3 heteroatoms. The third kappa shape index (κ3) is 4.97. The minimum Gasteiger partial charge on any atom is -0.343 e. The molecule has 0 spiro atoms. The lowest BCUT2D eigenvalue weighted by atomic mass is 10.1. The first-order chi connectivity index (χ1) is 9.75. The maximum atomic E-state index is 11.7. The quantitative estimate of drug-likeness (QED) is 0.714. The third-order valence-electron chi connectivity index (χ3n) is 3.93. The Kier molecular flexibility index (Phi) is 6.06. The molecule has 0 N–H and O–H groups in total. The zero-order valence-electron chi connectivity index (χ0n) is 12.6. The summed E-state index contributed by atoms with van der Waals surface area (Å²) in [6, 6.07) is 10.6. The molecule has 0 aromatic heterocycles. The largest absolute Gasteiger partial charge is 0.343 e. The Morgan fingerprint density at radius 1 is 1.15 bits per heavy atom. The van der Waals surface area contributed by atoms with Crippen LogP contribution >= 0.6 is 0 Å². The van der Waals surface area contributed by atoms with Crippen molar-refractivity contribution >= 4 is 5.91 Å². The normalized spacial score (nSPS) is 15.9. The van der Waals surface area contributed by atoms with Gasteiger partial charge in [-0.05, 0) is 44.8 Å². The van der Waals surface area contributed by atoms with Crippen LogP contribution in [0, 0.1) is 0 Å². The summed E-state index contributed by atoms with van der Waals surface area (Å²) in [4.78, 5) is 16.1. The first-order valence-corrected chi connectivity index (χ1v) is 7.76. The number of piperidine rings is 1. The number of amides is 1. The van der Waals surface area contributed by atoms with Crippen molar-refractivity contribution in [2.75, 3.05) is 26.7 Å². The van der Waals surface area contributed by atoms with E-state index in [4.69, 9.17) is 0 Å². The van der Waals surface area contributed by atoms with Crippen molar-refractivity contribution in [2.24, 2.45) is 0 Å². The van der Waals surface area contributed by atoms with Gasteiger partial charge in [-0.2, -0.15) is 0 Å². The minimum atomic E-state index is 0.355. The molecule has 1 aliphatic heterocycles. The van der Waals surface area contributed by atoms with Gasteiger partial charge in [-0.3, -0.25) is 4.79 Å². The van der Waals surface area contributed by atoms with Crippen LogP contribution in [0.5, 0.6) is 0 Å². The Labute approximate surface area is 122 Å². The van der Waals surface area contributed by atoms with Crippen LogP contribution in [0.25, 0.3) is 0 Å². The summed E-state index contributed by atoms with van der Waals surface area (Å²) >= 11 is 0. The Balaban J connectivity index is 1.59. The maximum absolute atomic E-state index is 11.7. The SMILES string of the molecule is CN(CCCCN1CCCCC1=O)Cc1ccccc1. The number of hydrogen-bond acceptors (Lipinski definition) is 2. The molecule has 20 heavy (non-hydrogen) atoms. The van der Waals surface area contributed by atoms with Crippen molar-refractivity contribution in [1.29, 1.82) is 0 Å². The van der Waals surface area contributed by atoms with E-state index in [0.29, 0.717) is 5.91 Å². The van der Waals surface area contributed by atoms with Gasteiger partial charge in [0.25, 0.3) is 0 Å². The van der Waals surface area contributed by atoms with Crippen molar-refractivity contribution < 1.29 is 4.79 Å². The molecule has 3 nitrogen and oxygen atoms in total. The van der Waals surface area contributed by atoms with Crippen LogP contribution < -0.4 is 0 Å². The Morgan fingerprint density at radius 3 is 2.70 bits per heavy atom. The van der Waals surface area contributed by atoms with Crippen molar-refractivity contribution in [3.8, 4) is 0 Å². The highest BCUT2D eigenvalue weighted by atomic mass is 16.2. The number of unbranched alkanes of at least 4 members (excludes halogenated alkanes) is 1. The summed E-state index contributed by atoms with van der Waals surface area (Å²) in [6.45, 7) is 4.01. The summed E-state index contributed by atoms with van der Waals surface area (Å²) in [5.41, 5.74) is 1.36. The van der Waals surface area contributed by atoms with Gasteiger partial charge in [0.1, 0.15) is 0 Å². The molecule has 1 heterocycles. The molecule has 1 saturated heterocycles. The average molecular weight is 274 g/mol. The zero-order chi connectivity index (χ0) is 14.2. The number of rotatable bonds is 7. The molecule has 1 aromatic carbocycles. The van der Waals surface area contributed by atoms with Gasteiger partial charge >= 0.3 is 0 Å². The van der Waals surface area contributed by atoms with Gasteiger partial charge in [-0.25, -0.2) is 0 Å². The van der Waals surface area contributed by atoms with E-state index in [9.17, 15) is 4.79 Å². The zero-order valence-corrected chi connectivity index (χ0v) is 12.6. The molecule has 0 bridgehead atoms. The molecule has 1 fully saturated rings. The van der Waals surface area contributed by atoms with Gasteiger partial charge in [-0.15, -0.1) is 0 Å². The molecule has 0 saturated carbocycles. The number of likely N-dealkylation sites (tertiary alicyclic amines) is 1. The van der Waals surface area contributed by atoms with Crippen LogP contribution in [0.4, 0.5) is 0 Å². The van der Waals surface area contributed by atoms with E-state index in [1.807, 2.05) is 4.90 Å². The standard InChI is InChI=1S/C17H26N2O/c1-18(15-16-9-3-2-4-10-16)12-7-8-14-19-13-6-5-11-17(19)20/h2-4,9-10H,5-8,11-15H2,1H3. The molecular formula is C17H26N2O. The summed E-state index contributed by atoms with van der Waals surface area (Å²) in [5, 5.41) is 0. The molecule has 0 aliphatic carbocycles. The molecule has 1 aromatic rings. The van der Waals surface area contributed by atoms with Crippen LogP contribution in [-0.4, -0.2) is 42.4 Å². The van der Waals surface area contributed by atoms with E-state index in [1.54, 1.807) is 0 Å². The van der Waals surface area contributed by atoms with Crippen molar-refractivity contribution in [1.82, 2.24) is 9.80 Å². The molecule has 2 rings (SSSR count). The molecule has 110 valence electrons. The molecular weight excluding hydrogens is 248 g/mol. The minimum absolute atomic E-state index is 0.355. The maximum Gasteiger partial charge on any atom is 0.222 e. The first kappa shape index (κ1) is 15.0. The molecule has 1 aliphatic rings. The van der Waals surface area contributed by atoms with Crippen LogP contribution in [0.1, 0.15) is 37.7 Å². The van der Waals surface area contributed by atoms with Crippen LogP contribution in [-0.2, 0) is 11.3 Å². The van der Waals surface area contributed by atoms with Gasteiger partial charge in [0.05, 0.1) is 0 Å². The third-order valence-corrected chi connectivity index (χ3v) is 3.93. The topological polar surface area (TPSA) is 23.6 Å². The van der Waals surface area contributed by atoms with Gasteiger partial charge in [-0.1, -0.05) is 30.3 Å². The molecule has 0 atom stereocenters. The first-order valence-electron chi connectivity index (χ1n) is 7.76. The van der Waals surface area contributed by atoms with Gasteiger partial charge < -0.3 is 9.80 Å². The van der Waals surface area contributed by atoms with Crippen molar-refractivity contribution in [2.45, 2.75) is 38.6 Å². The van der Waals surface area contributed by atoms with E-state index in [0.717, 1.165) is 51.9 Å². The number of carbonyl (C=O) groups excluding carboxylic acids is 1. The lowest BCUT2D eigenvalue weighted by molar-refractivity contribution is -0.133. The predicted octanol–water partition coefficient (Wildman–Crippen LogP) is 2.91. The molecule has 1 amide bonds. The number of benzene rings is 1. The monoisotopic (exact) mass is 274 g/mol. The second-order valence-electron chi connectivity index (χ2n) is 5.77. The fourth-order valence-electron chi connectivity index (χ4n) is 2.76. The smallest absolute Gasteiger partial charge is 0.222 e. The summed E-state index contributed by atoms with van der Waals surface area (Å²) in [5.74, 6) is 0.355. The van der Waals surface area contributed by atoms with E-state index >= 15 is 0 Å². The van der Waals surface area contributed by atoms with Crippen molar-refractivity contribution in [3.05, 3.63) is 35.9 Å². The van der Waals surface area contributed by atoms with Gasteiger partial charge in [0.15, 0.2) is 0 Å². The molecule has 0 radical (unpaired) electrons. The Morgan fingerprint density at radius 2 is 1.95 bits per heavy atom. The van der Waals surface area contributed by atoms with Gasteiger partial charge in [0.2, 0.25) is 5.91 Å². The Hall–Kier alpha value is -1.35. The summed E-state index contributed by atoms with van der Waals surface area (Å²) in [6.07, 6.45) is 5.29. The van der Waals surface area contributed by atoms with E-state index in [2.05, 4.69) is 42.3 Å². The lowest BCUT2D eigenvalue weighted by Gasteiger charge is -2.27.